The van der Waals surface area contributed by atoms with Crippen LogP contribution in [0.15, 0.2) is 41.3 Å². The van der Waals surface area contributed by atoms with Crippen molar-refractivity contribution in [3.05, 3.63) is 74.3 Å². The van der Waals surface area contributed by atoms with Crippen molar-refractivity contribution >= 4 is 34.4 Å². The van der Waals surface area contributed by atoms with Crippen molar-refractivity contribution in [2.45, 2.75) is 45.0 Å². The molecule has 0 spiro atoms. The third-order valence-electron chi connectivity index (χ3n) is 7.22. The normalized spacial score (nSPS) is 16.7. The van der Waals surface area contributed by atoms with E-state index in [1.54, 1.807) is 19.9 Å². The predicted octanol–water partition coefficient (Wildman–Crippen LogP) is 4.90. The average Bonchev–Trinajstić information content (AvgIpc) is 3.32. The first-order chi connectivity index (χ1) is 19.7. The second-order valence-corrected chi connectivity index (χ2v) is 11.0. The molecule has 0 bridgehead atoms. The average molecular weight is 613 g/mol. The van der Waals surface area contributed by atoms with Crippen LogP contribution in [0, 0.1) is 11.7 Å². The summed E-state index contributed by atoms with van der Waals surface area (Å²) in [6, 6.07) is 6.62. The summed E-state index contributed by atoms with van der Waals surface area (Å²) in [5, 5.41) is 9.94. The van der Waals surface area contributed by atoms with Crippen molar-refractivity contribution in [2.24, 2.45) is 5.92 Å². The van der Waals surface area contributed by atoms with Crippen LogP contribution in [-0.4, -0.2) is 65.5 Å². The SMILES string of the molecule is CC(C)[C@@H](CO)n1cc(C(=O)OC(=O)C(F)(F)F)c(=O)c2cc(Cc3cccc(Cl)c3F)c(O[C@H]3CCN(C)C3)cc21. The van der Waals surface area contributed by atoms with Gasteiger partial charge >= 0.3 is 18.1 Å². The lowest BCUT2D eigenvalue weighted by atomic mass is 9.98. The summed E-state index contributed by atoms with van der Waals surface area (Å²) >= 11 is 5.98. The van der Waals surface area contributed by atoms with Gasteiger partial charge in [0.05, 0.1) is 23.2 Å². The molecule has 1 saturated heterocycles. The van der Waals surface area contributed by atoms with Crippen molar-refractivity contribution < 1.29 is 41.7 Å². The summed E-state index contributed by atoms with van der Waals surface area (Å²) in [6.07, 6.45) is -4.09. The highest BCUT2D eigenvalue weighted by atomic mass is 35.5. The molecular formula is C29H29ClF4N2O6. The zero-order chi connectivity index (χ0) is 30.9. The number of hydrogen-bond donors (Lipinski definition) is 1. The van der Waals surface area contributed by atoms with E-state index >= 15 is 0 Å². The van der Waals surface area contributed by atoms with Gasteiger partial charge < -0.3 is 24.0 Å². The maximum Gasteiger partial charge on any atom is 0.491 e. The zero-order valence-corrected chi connectivity index (χ0v) is 23.8. The number of carbonyl (C=O) groups is 2. The first-order valence-electron chi connectivity index (χ1n) is 13.1. The molecule has 4 rings (SSSR count). The maximum atomic E-state index is 14.9. The number of aliphatic hydroxyl groups is 1. The van der Waals surface area contributed by atoms with Gasteiger partial charge in [-0.3, -0.25) is 4.79 Å². The molecule has 1 N–H and O–H groups in total. The molecule has 2 heterocycles. The number of esters is 2. The van der Waals surface area contributed by atoms with Crippen LogP contribution in [0.3, 0.4) is 0 Å². The van der Waals surface area contributed by atoms with Crippen LogP contribution in [0.25, 0.3) is 10.9 Å². The summed E-state index contributed by atoms with van der Waals surface area (Å²) in [5.41, 5.74) is -1.10. The minimum Gasteiger partial charge on any atom is -0.489 e. The molecule has 1 fully saturated rings. The van der Waals surface area contributed by atoms with Crippen LogP contribution in [0.2, 0.25) is 5.02 Å². The molecule has 3 aromatic rings. The number of ether oxygens (including phenoxy) is 2. The molecule has 2 aromatic carbocycles. The minimum atomic E-state index is -5.47. The molecule has 42 heavy (non-hydrogen) atoms. The number of aliphatic hydroxyl groups excluding tert-OH is 1. The third kappa shape index (κ3) is 6.61. The molecular weight excluding hydrogens is 584 g/mol. The highest BCUT2D eigenvalue weighted by Crippen LogP contribution is 2.33. The highest BCUT2D eigenvalue weighted by molar-refractivity contribution is 6.30. The number of hydrogen-bond acceptors (Lipinski definition) is 7. The number of nitrogens with zero attached hydrogens (tertiary/aromatic N) is 2. The van der Waals surface area contributed by atoms with Gasteiger partial charge in [-0.25, -0.2) is 14.0 Å². The fraction of sp³-hybridized carbons (Fsp3) is 0.414. The quantitative estimate of drug-likeness (QED) is 0.219. The van der Waals surface area contributed by atoms with Gasteiger partial charge in [0.1, 0.15) is 23.2 Å². The standard InChI is InChI=1S/C29H29ClF4N2O6/c1-15(2)23(14-37)36-13-20(27(39)42-28(40)29(32,33)34)26(38)19-10-17(9-16-5-4-6-21(30)25(16)31)24(11-22(19)36)41-18-7-8-35(3)12-18/h4-6,10-11,13,15,18,23,37H,7-9,12,14H2,1-3H3/t18-,23+/m0/s1. The maximum absolute atomic E-state index is 14.9. The van der Waals surface area contributed by atoms with E-state index < -0.39 is 47.6 Å². The van der Waals surface area contributed by atoms with Crippen molar-refractivity contribution in [2.75, 3.05) is 26.7 Å². The van der Waals surface area contributed by atoms with Gasteiger partial charge in [-0.05, 0) is 42.6 Å². The van der Waals surface area contributed by atoms with Gasteiger partial charge in [-0.2, -0.15) is 13.2 Å². The van der Waals surface area contributed by atoms with E-state index in [0.717, 1.165) is 12.7 Å². The number of pyridine rings is 1. The van der Waals surface area contributed by atoms with E-state index in [1.165, 1.54) is 28.8 Å². The van der Waals surface area contributed by atoms with Crippen LogP contribution in [-0.2, 0) is 16.0 Å². The van der Waals surface area contributed by atoms with E-state index in [2.05, 4.69) is 9.64 Å². The number of benzene rings is 2. The Labute approximate surface area is 243 Å². The molecule has 1 aliphatic heterocycles. The van der Waals surface area contributed by atoms with E-state index in [0.29, 0.717) is 24.3 Å². The largest absolute Gasteiger partial charge is 0.491 e. The van der Waals surface area contributed by atoms with Crippen molar-refractivity contribution in [1.82, 2.24) is 9.47 Å². The lowest BCUT2D eigenvalue weighted by Gasteiger charge is -2.26. The summed E-state index contributed by atoms with van der Waals surface area (Å²) in [6.45, 7) is 4.46. The number of likely N-dealkylation sites (tertiary alicyclic amines) is 1. The van der Waals surface area contributed by atoms with Crippen LogP contribution < -0.4 is 10.2 Å². The van der Waals surface area contributed by atoms with Gasteiger partial charge in [0.2, 0.25) is 5.43 Å². The minimum absolute atomic E-state index is 0.0749. The predicted molar refractivity (Wildman–Crippen MR) is 146 cm³/mol. The lowest BCUT2D eigenvalue weighted by Crippen LogP contribution is -2.31. The van der Waals surface area contributed by atoms with Gasteiger partial charge in [0.15, 0.2) is 0 Å². The second-order valence-electron chi connectivity index (χ2n) is 10.6. The van der Waals surface area contributed by atoms with Crippen LogP contribution >= 0.6 is 11.6 Å². The lowest BCUT2D eigenvalue weighted by molar-refractivity contribution is -0.193. The number of rotatable bonds is 8. The fourth-order valence-electron chi connectivity index (χ4n) is 4.97. The monoisotopic (exact) mass is 612 g/mol. The van der Waals surface area contributed by atoms with Gasteiger partial charge in [0.25, 0.3) is 0 Å². The molecule has 0 unspecified atom stereocenters. The van der Waals surface area contributed by atoms with E-state index in [-0.39, 0.29) is 39.9 Å². The van der Waals surface area contributed by atoms with Gasteiger partial charge in [-0.15, -0.1) is 0 Å². The van der Waals surface area contributed by atoms with E-state index in [1.807, 2.05) is 7.05 Å². The highest BCUT2D eigenvalue weighted by Gasteiger charge is 2.43. The Morgan fingerprint density at radius 1 is 1.19 bits per heavy atom. The molecule has 0 amide bonds. The topological polar surface area (TPSA) is 98.1 Å². The summed E-state index contributed by atoms with van der Waals surface area (Å²) < 4.78 is 65.0. The molecule has 0 saturated carbocycles. The Hall–Kier alpha value is -3.48. The van der Waals surface area contributed by atoms with Crippen molar-refractivity contribution in [3.63, 3.8) is 0 Å². The number of likely N-dealkylation sites (N-methyl/N-ethyl adjacent to an activating group) is 1. The number of fused-ring (bicyclic) bond motifs is 1. The molecule has 2 atom stereocenters. The van der Waals surface area contributed by atoms with Crippen LogP contribution in [0.5, 0.6) is 5.75 Å². The second kappa shape index (κ2) is 12.4. The Kier molecular flexibility index (Phi) is 9.29. The van der Waals surface area contributed by atoms with Crippen molar-refractivity contribution in [3.8, 4) is 5.75 Å². The summed E-state index contributed by atoms with van der Waals surface area (Å²) in [7, 11) is 1.93. The van der Waals surface area contributed by atoms with Crippen LogP contribution in [0.4, 0.5) is 17.6 Å². The van der Waals surface area contributed by atoms with E-state index in [9.17, 15) is 37.1 Å². The smallest absolute Gasteiger partial charge is 0.489 e. The Bertz CT molecular complexity index is 1570. The molecule has 0 aliphatic carbocycles. The third-order valence-corrected chi connectivity index (χ3v) is 7.51. The first kappa shape index (κ1) is 31.5. The van der Waals surface area contributed by atoms with Crippen molar-refractivity contribution in [1.29, 1.82) is 0 Å². The number of aromatic nitrogens is 1. The first-order valence-corrected chi connectivity index (χ1v) is 13.5. The molecule has 1 aromatic heterocycles. The number of alkyl halides is 3. The summed E-state index contributed by atoms with van der Waals surface area (Å²) in [4.78, 5) is 39.7. The number of carbonyl (C=O) groups excluding carboxylic acids is 2. The zero-order valence-electron chi connectivity index (χ0n) is 23.0. The number of halogens is 5. The molecule has 8 nitrogen and oxygen atoms in total. The van der Waals surface area contributed by atoms with Gasteiger partial charge in [-0.1, -0.05) is 37.6 Å². The van der Waals surface area contributed by atoms with Gasteiger partial charge in [0, 0.05) is 37.2 Å². The molecule has 1 aliphatic rings. The Morgan fingerprint density at radius 3 is 2.50 bits per heavy atom. The molecule has 0 radical (unpaired) electrons. The fourth-order valence-corrected chi connectivity index (χ4v) is 5.16. The molecule has 13 heteroatoms. The summed E-state index contributed by atoms with van der Waals surface area (Å²) in [5.74, 6) is -5.20. The Morgan fingerprint density at radius 2 is 1.90 bits per heavy atom. The molecule has 226 valence electrons. The Balaban J connectivity index is 1.96. The van der Waals surface area contributed by atoms with Crippen LogP contribution in [0.1, 0.15) is 47.8 Å². The van der Waals surface area contributed by atoms with E-state index in [4.69, 9.17) is 16.3 Å².